The van der Waals surface area contributed by atoms with Crippen LogP contribution in [-0.2, 0) is 11.2 Å². The zero-order valence-corrected chi connectivity index (χ0v) is 19.5. The number of nitrogens with one attached hydrogen (secondary N) is 2. The molecule has 8 nitrogen and oxygen atoms in total. The van der Waals surface area contributed by atoms with Gasteiger partial charge >= 0.3 is 0 Å². The Kier molecular flexibility index (Phi) is 7.17. The Hall–Kier alpha value is -3.79. The lowest BCUT2D eigenvalue weighted by atomic mass is 10.1. The molecular formula is C24H23FN6O2S. The van der Waals surface area contributed by atoms with Crippen molar-refractivity contribution in [3.63, 3.8) is 0 Å². The molecular weight excluding hydrogens is 455 g/mol. The van der Waals surface area contributed by atoms with Crippen molar-refractivity contribution in [3.05, 3.63) is 82.9 Å². The molecule has 0 unspecified atom stereocenters. The number of hydrogen-bond donors (Lipinski definition) is 2. The van der Waals surface area contributed by atoms with E-state index in [1.807, 2.05) is 32.0 Å². The monoisotopic (exact) mass is 478 g/mol. The van der Waals surface area contributed by atoms with Crippen molar-refractivity contribution in [1.82, 2.24) is 25.1 Å². The van der Waals surface area contributed by atoms with E-state index in [0.29, 0.717) is 35.0 Å². The van der Waals surface area contributed by atoms with Gasteiger partial charge in [-0.05, 0) is 67.4 Å². The molecule has 0 aliphatic heterocycles. The van der Waals surface area contributed by atoms with E-state index in [-0.39, 0.29) is 17.6 Å². The number of anilines is 1. The van der Waals surface area contributed by atoms with Gasteiger partial charge in [0.2, 0.25) is 5.91 Å². The first-order chi connectivity index (χ1) is 16.4. The third-order valence-corrected chi connectivity index (χ3v) is 5.98. The van der Waals surface area contributed by atoms with Gasteiger partial charge in [0, 0.05) is 24.2 Å². The highest BCUT2D eigenvalue weighted by Crippen LogP contribution is 2.19. The van der Waals surface area contributed by atoms with Gasteiger partial charge in [-0.2, -0.15) is 9.61 Å². The van der Waals surface area contributed by atoms with E-state index in [0.717, 1.165) is 16.8 Å². The van der Waals surface area contributed by atoms with Crippen LogP contribution < -0.4 is 10.6 Å². The number of thioether (sulfide) groups is 1. The summed E-state index contributed by atoms with van der Waals surface area (Å²) in [5, 5.41) is 19.2. The highest BCUT2D eigenvalue weighted by molar-refractivity contribution is 7.99. The van der Waals surface area contributed by atoms with Crippen molar-refractivity contribution in [2.24, 2.45) is 0 Å². The second kappa shape index (κ2) is 10.4. The normalized spacial score (nSPS) is 10.9. The van der Waals surface area contributed by atoms with Gasteiger partial charge in [0.15, 0.2) is 11.5 Å². The summed E-state index contributed by atoms with van der Waals surface area (Å²) in [5.74, 6) is -0.0245. The molecule has 2 aromatic carbocycles. The number of aryl methyl sites for hydroxylation is 2. The maximum atomic E-state index is 13.0. The van der Waals surface area contributed by atoms with Gasteiger partial charge in [-0.25, -0.2) is 4.39 Å². The first-order valence-corrected chi connectivity index (χ1v) is 11.6. The fraction of sp³-hybridized carbons (Fsp3) is 0.208. The molecule has 0 fully saturated rings. The number of carbonyl (C=O) groups is 2. The number of benzene rings is 2. The minimum Gasteiger partial charge on any atom is -0.352 e. The SMILES string of the molecule is Cc1ccc(C)c(NC(=O)CSc2ccc3nnc(CCNC(=O)c4ccc(F)cc4)n3n2)c1. The molecule has 0 saturated carbocycles. The number of amides is 2. The summed E-state index contributed by atoms with van der Waals surface area (Å²) in [6.45, 7) is 4.25. The van der Waals surface area contributed by atoms with Crippen LogP contribution in [0.25, 0.3) is 5.65 Å². The molecule has 2 aromatic heterocycles. The average molecular weight is 479 g/mol. The van der Waals surface area contributed by atoms with Crippen LogP contribution in [0.3, 0.4) is 0 Å². The maximum Gasteiger partial charge on any atom is 0.251 e. The molecule has 4 aromatic rings. The van der Waals surface area contributed by atoms with Crippen LogP contribution in [0.1, 0.15) is 27.3 Å². The molecule has 0 aliphatic carbocycles. The van der Waals surface area contributed by atoms with Crippen LogP contribution in [0, 0.1) is 19.7 Å². The first-order valence-electron chi connectivity index (χ1n) is 10.6. The molecule has 2 heterocycles. The van der Waals surface area contributed by atoms with Gasteiger partial charge in [-0.15, -0.1) is 10.2 Å². The zero-order valence-electron chi connectivity index (χ0n) is 18.7. The lowest BCUT2D eigenvalue weighted by Crippen LogP contribution is -2.26. The van der Waals surface area contributed by atoms with Crippen LogP contribution in [0.4, 0.5) is 10.1 Å². The number of hydrogen-bond acceptors (Lipinski definition) is 6. The van der Waals surface area contributed by atoms with Crippen LogP contribution in [0.15, 0.2) is 59.6 Å². The fourth-order valence-corrected chi connectivity index (χ4v) is 3.89. The molecule has 0 spiro atoms. The minimum atomic E-state index is -0.394. The first kappa shape index (κ1) is 23.4. The van der Waals surface area contributed by atoms with Gasteiger partial charge in [-0.1, -0.05) is 23.9 Å². The molecule has 34 heavy (non-hydrogen) atoms. The quantitative estimate of drug-likeness (QED) is 0.376. The molecule has 174 valence electrons. The topological polar surface area (TPSA) is 101 Å². The molecule has 0 atom stereocenters. The second-order valence-corrected chi connectivity index (χ2v) is 8.72. The number of rotatable bonds is 8. The van der Waals surface area contributed by atoms with Gasteiger partial charge in [0.1, 0.15) is 10.8 Å². The Balaban J connectivity index is 1.34. The summed E-state index contributed by atoms with van der Waals surface area (Å²) < 4.78 is 14.6. The molecule has 0 bridgehead atoms. The van der Waals surface area contributed by atoms with Gasteiger partial charge < -0.3 is 10.6 Å². The van der Waals surface area contributed by atoms with Crippen LogP contribution in [0.5, 0.6) is 0 Å². The highest BCUT2D eigenvalue weighted by atomic mass is 32.2. The lowest BCUT2D eigenvalue weighted by Gasteiger charge is -2.09. The number of nitrogens with zero attached hydrogens (tertiary/aromatic N) is 4. The summed E-state index contributed by atoms with van der Waals surface area (Å²) in [6, 6.07) is 14.8. The second-order valence-electron chi connectivity index (χ2n) is 7.73. The van der Waals surface area contributed by atoms with Gasteiger partial charge in [0.05, 0.1) is 5.75 Å². The standard InChI is InChI=1S/C24H23FN6O2S/c1-15-3-4-16(2)19(13-15)27-22(32)14-34-23-10-9-20-28-29-21(31(20)30-23)11-12-26-24(33)17-5-7-18(25)8-6-17/h3-10,13H,11-12,14H2,1-2H3,(H,26,33)(H,27,32). The van der Waals surface area contributed by atoms with E-state index in [2.05, 4.69) is 25.9 Å². The Morgan fingerprint density at radius 1 is 1.03 bits per heavy atom. The van der Waals surface area contributed by atoms with Crippen LogP contribution in [-0.4, -0.2) is 43.9 Å². The van der Waals surface area contributed by atoms with Gasteiger partial charge in [-0.3, -0.25) is 9.59 Å². The van der Waals surface area contributed by atoms with Crippen LogP contribution in [0.2, 0.25) is 0 Å². The van der Waals surface area contributed by atoms with Crippen molar-refractivity contribution in [1.29, 1.82) is 0 Å². The predicted octanol–water partition coefficient (Wildman–Crippen LogP) is 3.58. The largest absolute Gasteiger partial charge is 0.352 e. The summed E-state index contributed by atoms with van der Waals surface area (Å²) in [6.07, 6.45) is 0.405. The zero-order chi connectivity index (χ0) is 24.1. The molecule has 0 radical (unpaired) electrons. The van der Waals surface area contributed by atoms with Crippen molar-refractivity contribution < 1.29 is 14.0 Å². The van der Waals surface area contributed by atoms with Crippen molar-refractivity contribution in [3.8, 4) is 0 Å². The van der Waals surface area contributed by atoms with Crippen molar-refractivity contribution in [2.45, 2.75) is 25.3 Å². The Morgan fingerprint density at radius 2 is 1.82 bits per heavy atom. The maximum absolute atomic E-state index is 13.0. The van der Waals surface area contributed by atoms with E-state index < -0.39 is 5.82 Å². The minimum absolute atomic E-state index is 0.118. The summed E-state index contributed by atoms with van der Waals surface area (Å²) in [5.41, 5.74) is 3.84. The fourth-order valence-electron chi connectivity index (χ4n) is 3.24. The predicted molar refractivity (Wildman–Crippen MR) is 128 cm³/mol. The molecule has 4 rings (SSSR count). The molecule has 0 saturated heterocycles. The van der Waals surface area contributed by atoms with E-state index in [9.17, 15) is 14.0 Å². The van der Waals surface area contributed by atoms with Gasteiger partial charge in [0.25, 0.3) is 5.91 Å². The van der Waals surface area contributed by atoms with E-state index in [4.69, 9.17) is 0 Å². The molecule has 2 N–H and O–H groups in total. The average Bonchev–Trinajstić information content (AvgIpc) is 3.22. The smallest absolute Gasteiger partial charge is 0.251 e. The number of fused-ring (bicyclic) bond motifs is 1. The van der Waals surface area contributed by atoms with Crippen molar-refractivity contribution >= 4 is 34.9 Å². The molecule has 2 amide bonds. The third-order valence-electron chi connectivity index (χ3n) is 5.06. The van der Waals surface area contributed by atoms with E-state index in [1.165, 1.54) is 36.0 Å². The number of carbonyl (C=O) groups excluding carboxylic acids is 2. The number of aromatic nitrogens is 4. The lowest BCUT2D eigenvalue weighted by molar-refractivity contribution is -0.113. The number of halogens is 1. The summed E-state index contributed by atoms with van der Waals surface area (Å²) in [4.78, 5) is 24.6. The molecule has 0 aliphatic rings. The molecule has 10 heteroatoms. The third kappa shape index (κ3) is 5.76. The summed E-state index contributed by atoms with van der Waals surface area (Å²) >= 11 is 1.31. The van der Waals surface area contributed by atoms with Crippen molar-refractivity contribution in [2.75, 3.05) is 17.6 Å². The Bertz CT molecular complexity index is 1340. The highest BCUT2D eigenvalue weighted by Gasteiger charge is 2.12. The van der Waals surface area contributed by atoms with E-state index in [1.54, 1.807) is 16.6 Å². The Morgan fingerprint density at radius 3 is 2.62 bits per heavy atom. The van der Waals surface area contributed by atoms with Crippen LogP contribution >= 0.6 is 11.8 Å². The Labute approximate surface area is 200 Å². The van der Waals surface area contributed by atoms with E-state index >= 15 is 0 Å². The summed E-state index contributed by atoms with van der Waals surface area (Å²) in [7, 11) is 0.